The maximum atomic E-state index is 11.6. The highest BCUT2D eigenvalue weighted by atomic mass is 32.2. The van der Waals surface area contributed by atoms with Crippen LogP contribution >= 0.6 is 23.1 Å². The summed E-state index contributed by atoms with van der Waals surface area (Å²) in [5.41, 5.74) is 0. The van der Waals surface area contributed by atoms with Gasteiger partial charge in [-0.25, -0.2) is 0 Å². The maximum absolute atomic E-state index is 11.6. The summed E-state index contributed by atoms with van der Waals surface area (Å²) in [6.45, 7) is 0.421. The molecule has 0 bridgehead atoms. The fraction of sp³-hybridized carbons (Fsp3) is 0.417. The number of rotatable bonds is 9. The third kappa shape index (κ3) is 6.97. The topological polar surface area (TPSA) is 83.5 Å². The van der Waals surface area contributed by atoms with Gasteiger partial charge < -0.3 is 10.4 Å². The van der Waals surface area contributed by atoms with Gasteiger partial charge in [-0.3, -0.25) is 14.4 Å². The van der Waals surface area contributed by atoms with Gasteiger partial charge in [0.15, 0.2) is 5.78 Å². The number of hydrogen-bond acceptors (Lipinski definition) is 5. The van der Waals surface area contributed by atoms with Crippen LogP contribution in [0.15, 0.2) is 17.5 Å². The van der Waals surface area contributed by atoms with Crippen molar-refractivity contribution in [2.24, 2.45) is 0 Å². The van der Waals surface area contributed by atoms with E-state index in [2.05, 4.69) is 5.32 Å². The van der Waals surface area contributed by atoms with Gasteiger partial charge in [-0.2, -0.15) is 0 Å². The Morgan fingerprint density at radius 2 is 2.11 bits per heavy atom. The molecule has 19 heavy (non-hydrogen) atoms. The molecule has 0 fully saturated rings. The molecule has 0 aliphatic rings. The van der Waals surface area contributed by atoms with Crippen LogP contribution < -0.4 is 5.32 Å². The number of aliphatic carboxylic acids is 1. The van der Waals surface area contributed by atoms with E-state index in [0.29, 0.717) is 17.2 Å². The fourth-order valence-corrected chi connectivity index (χ4v) is 2.56. The smallest absolute Gasteiger partial charge is 0.313 e. The van der Waals surface area contributed by atoms with Gasteiger partial charge in [0.2, 0.25) is 5.91 Å². The lowest BCUT2D eigenvalue weighted by Crippen LogP contribution is -2.26. The Hall–Kier alpha value is -1.34. The largest absolute Gasteiger partial charge is 0.481 e. The molecule has 7 heteroatoms. The molecule has 0 aromatic carbocycles. The van der Waals surface area contributed by atoms with E-state index < -0.39 is 5.97 Å². The van der Waals surface area contributed by atoms with E-state index in [1.54, 1.807) is 12.1 Å². The van der Waals surface area contributed by atoms with Crippen molar-refractivity contribution in [1.82, 2.24) is 5.32 Å². The van der Waals surface area contributed by atoms with Crippen LogP contribution in [0.25, 0.3) is 0 Å². The third-order valence-corrected chi connectivity index (χ3v) is 4.02. The second-order valence-electron chi connectivity index (χ2n) is 3.70. The Bertz CT molecular complexity index is 431. The van der Waals surface area contributed by atoms with E-state index in [1.807, 2.05) is 5.38 Å². The monoisotopic (exact) mass is 301 g/mol. The van der Waals surface area contributed by atoms with Crippen LogP contribution in [-0.2, 0) is 9.59 Å². The number of ketones is 1. The molecule has 0 radical (unpaired) electrons. The molecule has 0 atom stereocenters. The van der Waals surface area contributed by atoms with Gasteiger partial charge in [0.25, 0.3) is 0 Å². The summed E-state index contributed by atoms with van der Waals surface area (Å²) in [7, 11) is 0. The van der Waals surface area contributed by atoms with Crippen molar-refractivity contribution in [3.8, 4) is 0 Å². The van der Waals surface area contributed by atoms with Gasteiger partial charge in [-0.15, -0.1) is 23.1 Å². The number of thioether (sulfide) groups is 1. The molecule has 1 rings (SSSR count). The molecule has 1 amide bonds. The summed E-state index contributed by atoms with van der Waals surface area (Å²) in [5, 5.41) is 12.9. The molecule has 0 saturated carbocycles. The van der Waals surface area contributed by atoms with Crippen molar-refractivity contribution in [1.29, 1.82) is 0 Å². The van der Waals surface area contributed by atoms with Crippen LogP contribution in [0.2, 0.25) is 0 Å². The van der Waals surface area contributed by atoms with Crippen molar-refractivity contribution in [2.45, 2.75) is 12.8 Å². The molecule has 0 spiro atoms. The SMILES string of the molecule is O=C(O)CSCCNC(=O)CCC(=O)c1cccs1. The minimum Gasteiger partial charge on any atom is -0.481 e. The van der Waals surface area contributed by atoms with Gasteiger partial charge in [-0.05, 0) is 11.4 Å². The Balaban J connectivity index is 2.08. The predicted octanol–water partition coefficient (Wildman–Crippen LogP) is 1.64. The molecule has 0 aliphatic carbocycles. The highest BCUT2D eigenvalue weighted by Gasteiger charge is 2.09. The normalized spacial score (nSPS) is 10.1. The molecule has 2 N–H and O–H groups in total. The van der Waals surface area contributed by atoms with E-state index in [4.69, 9.17) is 5.11 Å². The summed E-state index contributed by atoms with van der Waals surface area (Å²) in [5.74, 6) is -0.479. The minimum atomic E-state index is -0.863. The Morgan fingerprint density at radius 3 is 2.74 bits per heavy atom. The second kappa shape index (κ2) is 8.71. The number of carboxylic acid groups (broad SMARTS) is 1. The lowest BCUT2D eigenvalue weighted by molar-refractivity contribution is -0.133. The molecule has 1 aromatic heterocycles. The van der Waals surface area contributed by atoms with Crippen LogP contribution in [0.1, 0.15) is 22.5 Å². The van der Waals surface area contributed by atoms with E-state index in [9.17, 15) is 14.4 Å². The molecule has 1 aromatic rings. The third-order valence-electron chi connectivity index (χ3n) is 2.17. The number of thiophene rings is 1. The van der Waals surface area contributed by atoms with Gasteiger partial charge in [-0.1, -0.05) is 6.07 Å². The van der Waals surface area contributed by atoms with Crippen LogP contribution in [0.3, 0.4) is 0 Å². The maximum Gasteiger partial charge on any atom is 0.313 e. The van der Waals surface area contributed by atoms with Crippen molar-refractivity contribution in [2.75, 3.05) is 18.1 Å². The van der Waals surface area contributed by atoms with E-state index in [0.717, 1.165) is 0 Å². The van der Waals surface area contributed by atoms with E-state index in [1.165, 1.54) is 23.1 Å². The molecule has 104 valence electrons. The standard InChI is InChI=1S/C12H15NO4S2/c14-9(10-2-1-6-19-10)3-4-11(15)13-5-7-18-8-12(16)17/h1-2,6H,3-5,7-8H2,(H,13,15)(H,16,17). The Morgan fingerprint density at radius 1 is 1.32 bits per heavy atom. The van der Waals surface area contributed by atoms with Crippen molar-refractivity contribution < 1.29 is 19.5 Å². The van der Waals surface area contributed by atoms with E-state index in [-0.39, 0.29) is 30.3 Å². The highest BCUT2D eigenvalue weighted by Crippen LogP contribution is 2.12. The average molecular weight is 301 g/mol. The molecule has 5 nitrogen and oxygen atoms in total. The average Bonchev–Trinajstić information content (AvgIpc) is 2.89. The van der Waals surface area contributed by atoms with Gasteiger partial charge >= 0.3 is 5.97 Å². The lowest BCUT2D eigenvalue weighted by atomic mass is 10.2. The molecule has 0 saturated heterocycles. The van der Waals surface area contributed by atoms with Crippen LogP contribution in [-0.4, -0.2) is 40.8 Å². The number of carbonyl (C=O) groups excluding carboxylic acids is 2. The first-order valence-corrected chi connectivity index (χ1v) is 7.76. The number of carboxylic acids is 1. The zero-order valence-corrected chi connectivity index (χ0v) is 11.9. The van der Waals surface area contributed by atoms with Crippen LogP contribution in [0.4, 0.5) is 0 Å². The van der Waals surface area contributed by atoms with Gasteiger partial charge in [0.05, 0.1) is 10.6 Å². The second-order valence-corrected chi connectivity index (χ2v) is 5.75. The first kappa shape index (κ1) is 15.7. The summed E-state index contributed by atoms with van der Waals surface area (Å²) in [6, 6.07) is 3.55. The summed E-state index contributed by atoms with van der Waals surface area (Å²) in [6.07, 6.45) is 0.370. The highest BCUT2D eigenvalue weighted by molar-refractivity contribution is 7.99. The molecule has 0 aliphatic heterocycles. The van der Waals surface area contributed by atoms with Crippen molar-refractivity contribution in [3.05, 3.63) is 22.4 Å². The van der Waals surface area contributed by atoms with Gasteiger partial charge in [0.1, 0.15) is 0 Å². The number of amides is 1. The van der Waals surface area contributed by atoms with Crippen LogP contribution in [0.5, 0.6) is 0 Å². The zero-order chi connectivity index (χ0) is 14.1. The van der Waals surface area contributed by atoms with Crippen molar-refractivity contribution >= 4 is 40.8 Å². The van der Waals surface area contributed by atoms with Crippen LogP contribution in [0, 0.1) is 0 Å². The number of hydrogen-bond donors (Lipinski definition) is 2. The number of nitrogens with one attached hydrogen (secondary N) is 1. The lowest BCUT2D eigenvalue weighted by Gasteiger charge is -2.03. The quantitative estimate of drug-likeness (QED) is 0.535. The Kier molecular flexibility index (Phi) is 7.20. The Labute approximate surface area is 119 Å². The molecule has 0 unspecified atom stereocenters. The predicted molar refractivity (Wildman–Crippen MR) is 75.9 cm³/mol. The first-order chi connectivity index (χ1) is 9.09. The molecular formula is C12H15NO4S2. The van der Waals surface area contributed by atoms with Gasteiger partial charge in [0, 0.05) is 25.1 Å². The number of Topliss-reactive ketones (excluding diaryl/α,β-unsaturated/α-hetero) is 1. The zero-order valence-electron chi connectivity index (χ0n) is 10.3. The first-order valence-electron chi connectivity index (χ1n) is 5.72. The van der Waals surface area contributed by atoms with E-state index >= 15 is 0 Å². The molecular weight excluding hydrogens is 286 g/mol. The summed E-state index contributed by atoms with van der Waals surface area (Å²) >= 11 is 2.62. The molecule has 1 heterocycles. The fourth-order valence-electron chi connectivity index (χ4n) is 1.30. The summed E-state index contributed by atoms with van der Waals surface area (Å²) < 4.78 is 0. The van der Waals surface area contributed by atoms with Crippen molar-refractivity contribution in [3.63, 3.8) is 0 Å². The minimum absolute atomic E-state index is 0.0228. The number of carbonyl (C=O) groups is 3. The summed E-state index contributed by atoms with van der Waals surface area (Å²) in [4.78, 5) is 34.0.